The van der Waals surface area contributed by atoms with Gasteiger partial charge in [0.1, 0.15) is 0 Å². The average molecular weight is 433 g/mol. The van der Waals surface area contributed by atoms with Crippen LogP contribution in [0.3, 0.4) is 0 Å². The molecule has 1 saturated heterocycles. The summed E-state index contributed by atoms with van der Waals surface area (Å²) >= 11 is 0. The molecule has 0 unspecified atom stereocenters. The summed E-state index contributed by atoms with van der Waals surface area (Å²) in [7, 11) is 0. The summed E-state index contributed by atoms with van der Waals surface area (Å²) in [5.74, 6) is 0.378. The quantitative estimate of drug-likeness (QED) is 0.531. The predicted octanol–water partition coefficient (Wildman–Crippen LogP) is 6.32. The van der Waals surface area contributed by atoms with Crippen molar-refractivity contribution in [3.05, 3.63) is 58.7 Å². The zero-order valence-corrected chi connectivity index (χ0v) is 20.0. The second-order valence-electron chi connectivity index (χ2n) is 10.6. The molecule has 0 aliphatic carbocycles. The van der Waals surface area contributed by atoms with Crippen LogP contribution < -0.4 is 4.90 Å². The van der Waals surface area contributed by atoms with Crippen molar-refractivity contribution in [2.24, 2.45) is 5.41 Å². The lowest BCUT2D eigenvalue weighted by Gasteiger charge is -2.34. The summed E-state index contributed by atoms with van der Waals surface area (Å²) in [6, 6.07) is 12.2. The number of rotatable bonds is 4. The molecule has 4 nitrogen and oxygen atoms in total. The van der Waals surface area contributed by atoms with Crippen LogP contribution in [0, 0.1) is 12.3 Å². The summed E-state index contributed by atoms with van der Waals surface area (Å²) < 4.78 is 0. The maximum Gasteiger partial charge on any atom is 0.254 e. The van der Waals surface area contributed by atoms with Gasteiger partial charge in [-0.15, -0.1) is 0 Å². The van der Waals surface area contributed by atoms with Crippen molar-refractivity contribution < 1.29 is 9.59 Å². The van der Waals surface area contributed by atoms with Gasteiger partial charge in [0.25, 0.3) is 5.91 Å². The molecule has 2 heterocycles. The Bertz CT molecular complexity index is 995. The van der Waals surface area contributed by atoms with Gasteiger partial charge in [-0.2, -0.15) is 0 Å². The van der Waals surface area contributed by atoms with Gasteiger partial charge in [-0.25, -0.2) is 0 Å². The van der Waals surface area contributed by atoms with Crippen molar-refractivity contribution in [1.82, 2.24) is 4.90 Å². The van der Waals surface area contributed by atoms with E-state index in [9.17, 15) is 9.59 Å². The lowest BCUT2D eigenvalue weighted by Crippen LogP contribution is -2.36. The maximum absolute atomic E-state index is 13.1. The van der Waals surface area contributed by atoms with Crippen molar-refractivity contribution >= 4 is 23.1 Å². The SMILES string of the molecule is Cc1c(C(=O)N2CCCCC2)ccc2c1CCCN2c1ccc(C(=O)CC(C)(C)C)cc1. The molecule has 2 aliphatic rings. The molecule has 1 amide bonds. The standard InChI is InChI=1S/C28H36N2O2/c1-20-23-9-8-18-30(22-12-10-21(11-13-22)26(31)19-28(2,3)4)25(23)15-14-24(20)27(32)29-16-6-5-7-17-29/h10-15H,5-9,16-19H2,1-4H3. The van der Waals surface area contributed by atoms with E-state index in [4.69, 9.17) is 0 Å². The zero-order chi connectivity index (χ0) is 22.9. The molecule has 2 aromatic carbocycles. The Morgan fingerprint density at radius 2 is 1.56 bits per heavy atom. The normalized spacial score (nSPS) is 16.6. The van der Waals surface area contributed by atoms with Crippen LogP contribution in [-0.4, -0.2) is 36.2 Å². The molecule has 2 aliphatic heterocycles. The minimum absolute atomic E-state index is 0.0115. The van der Waals surface area contributed by atoms with Crippen LogP contribution in [0.15, 0.2) is 36.4 Å². The molecular formula is C28H36N2O2. The Morgan fingerprint density at radius 1 is 0.875 bits per heavy atom. The minimum Gasteiger partial charge on any atom is -0.341 e. The van der Waals surface area contributed by atoms with Gasteiger partial charge in [-0.3, -0.25) is 9.59 Å². The van der Waals surface area contributed by atoms with E-state index in [0.717, 1.165) is 67.7 Å². The number of hydrogen-bond donors (Lipinski definition) is 0. The lowest BCUT2D eigenvalue weighted by atomic mass is 9.88. The first-order valence-corrected chi connectivity index (χ1v) is 12.1. The van der Waals surface area contributed by atoms with Gasteiger partial charge < -0.3 is 9.80 Å². The largest absolute Gasteiger partial charge is 0.341 e. The summed E-state index contributed by atoms with van der Waals surface area (Å²) in [6.45, 7) is 11.1. The van der Waals surface area contributed by atoms with Crippen LogP contribution >= 0.6 is 0 Å². The summed E-state index contributed by atoms with van der Waals surface area (Å²) in [4.78, 5) is 30.1. The third-order valence-electron chi connectivity index (χ3n) is 6.74. The first kappa shape index (κ1) is 22.6. The van der Waals surface area contributed by atoms with Crippen molar-refractivity contribution in [3.63, 3.8) is 0 Å². The van der Waals surface area contributed by atoms with Crippen LogP contribution in [0.1, 0.15) is 84.7 Å². The summed E-state index contributed by atoms with van der Waals surface area (Å²) in [5, 5.41) is 0. The monoisotopic (exact) mass is 432 g/mol. The number of ketones is 1. The van der Waals surface area contributed by atoms with E-state index in [-0.39, 0.29) is 17.1 Å². The molecule has 0 saturated carbocycles. The number of nitrogens with zero attached hydrogens (tertiary/aromatic N) is 2. The van der Waals surface area contributed by atoms with E-state index in [2.05, 4.69) is 50.8 Å². The van der Waals surface area contributed by atoms with Crippen molar-refractivity contribution in [3.8, 4) is 0 Å². The summed E-state index contributed by atoms with van der Waals surface area (Å²) in [6.07, 6.45) is 6.05. The first-order valence-electron chi connectivity index (χ1n) is 12.1. The van der Waals surface area contributed by atoms with E-state index < -0.39 is 0 Å². The highest BCUT2D eigenvalue weighted by atomic mass is 16.2. The number of benzene rings is 2. The van der Waals surface area contributed by atoms with Crippen molar-refractivity contribution in [1.29, 1.82) is 0 Å². The number of Topliss-reactive ketones (excluding diaryl/α,β-unsaturated/α-hetero) is 1. The van der Waals surface area contributed by atoms with Crippen molar-refractivity contribution in [2.45, 2.75) is 66.2 Å². The molecule has 32 heavy (non-hydrogen) atoms. The van der Waals surface area contributed by atoms with E-state index >= 15 is 0 Å². The van der Waals surface area contributed by atoms with Crippen LogP contribution in [0.4, 0.5) is 11.4 Å². The van der Waals surface area contributed by atoms with E-state index in [1.807, 2.05) is 23.1 Å². The van der Waals surface area contributed by atoms with Gasteiger partial charge in [-0.1, -0.05) is 20.8 Å². The zero-order valence-electron chi connectivity index (χ0n) is 20.0. The van der Waals surface area contributed by atoms with Gasteiger partial charge >= 0.3 is 0 Å². The molecule has 0 aromatic heterocycles. The van der Waals surface area contributed by atoms with Crippen LogP contribution in [0.2, 0.25) is 0 Å². The number of hydrogen-bond acceptors (Lipinski definition) is 3. The second-order valence-corrected chi connectivity index (χ2v) is 10.6. The number of anilines is 2. The molecule has 2 aromatic rings. The van der Waals surface area contributed by atoms with Crippen LogP contribution in [-0.2, 0) is 6.42 Å². The average Bonchev–Trinajstić information content (AvgIpc) is 2.78. The topological polar surface area (TPSA) is 40.6 Å². The Balaban J connectivity index is 1.58. The number of amides is 1. The van der Waals surface area contributed by atoms with Gasteiger partial charge in [0, 0.05) is 48.6 Å². The minimum atomic E-state index is -0.0115. The molecule has 0 radical (unpaired) electrons. The van der Waals surface area contributed by atoms with Gasteiger partial charge in [-0.05, 0) is 92.0 Å². The molecule has 4 rings (SSSR count). The summed E-state index contributed by atoms with van der Waals surface area (Å²) in [5.41, 5.74) is 6.33. The smallest absolute Gasteiger partial charge is 0.254 e. The van der Waals surface area contributed by atoms with Gasteiger partial charge in [0.05, 0.1) is 0 Å². The van der Waals surface area contributed by atoms with E-state index in [1.165, 1.54) is 17.7 Å². The van der Waals surface area contributed by atoms with Crippen LogP contribution in [0.5, 0.6) is 0 Å². The molecule has 0 bridgehead atoms. The second kappa shape index (κ2) is 9.09. The molecule has 4 heteroatoms. The Labute approximate surface area is 192 Å². The predicted molar refractivity (Wildman–Crippen MR) is 131 cm³/mol. The van der Waals surface area contributed by atoms with E-state index in [1.54, 1.807) is 0 Å². The first-order chi connectivity index (χ1) is 15.2. The highest BCUT2D eigenvalue weighted by molar-refractivity contribution is 5.98. The third-order valence-corrected chi connectivity index (χ3v) is 6.74. The highest BCUT2D eigenvalue weighted by Crippen LogP contribution is 2.37. The fraction of sp³-hybridized carbons (Fsp3) is 0.500. The number of carbonyl (C=O) groups excluding carboxylic acids is 2. The fourth-order valence-corrected chi connectivity index (χ4v) is 5.02. The third kappa shape index (κ3) is 4.74. The number of likely N-dealkylation sites (tertiary alicyclic amines) is 1. The fourth-order valence-electron chi connectivity index (χ4n) is 5.02. The lowest BCUT2D eigenvalue weighted by molar-refractivity contribution is 0.0723. The Morgan fingerprint density at radius 3 is 2.22 bits per heavy atom. The van der Waals surface area contributed by atoms with Crippen LogP contribution in [0.25, 0.3) is 0 Å². The van der Waals surface area contributed by atoms with Crippen molar-refractivity contribution in [2.75, 3.05) is 24.5 Å². The number of fused-ring (bicyclic) bond motifs is 1. The maximum atomic E-state index is 13.1. The van der Waals surface area contributed by atoms with E-state index in [0.29, 0.717) is 6.42 Å². The Hall–Kier alpha value is -2.62. The van der Waals surface area contributed by atoms with Gasteiger partial charge in [0.2, 0.25) is 0 Å². The molecule has 170 valence electrons. The molecular weight excluding hydrogens is 396 g/mol. The number of carbonyl (C=O) groups is 2. The number of piperidine rings is 1. The Kier molecular flexibility index (Phi) is 6.41. The molecule has 1 fully saturated rings. The molecule has 0 atom stereocenters. The molecule has 0 N–H and O–H groups in total. The highest BCUT2D eigenvalue weighted by Gasteiger charge is 2.26. The van der Waals surface area contributed by atoms with Gasteiger partial charge in [0.15, 0.2) is 5.78 Å². The molecule has 0 spiro atoms.